The van der Waals surface area contributed by atoms with E-state index in [1.54, 1.807) is 12.1 Å². The molecule has 1 aromatic rings. The topological polar surface area (TPSA) is 55.1 Å². The first-order valence-corrected chi connectivity index (χ1v) is 6.27. The number of benzene rings is 1. The molecular formula is C14H21FN2O. The summed E-state index contributed by atoms with van der Waals surface area (Å²) in [6.45, 7) is 5.75. The number of nitrogens with one attached hydrogen (secondary N) is 1. The Hall–Kier alpha value is -1.42. The van der Waals surface area contributed by atoms with Crippen molar-refractivity contribution in [1.82, 2.24) is 5.32 Å². The summed E-state index contributed by atoms with van der Waals surface area (Å²) in [4.78, 5) is 11.9. The smallest absolute Gasteiger partial charge is 0.237 e. The number of carbonyl (C=O) groups excluding carboxylic acids is 1. The van der Waals surface area contributed by atoms with Gasteiger partial charge in [0.15, 0.2) is 0 Å². The molecule has 0 fully saturated rings. The third-order valence-corrected chi connectivity index (χ3v) is 3.27. The molecule has 3 nitrogen and oxygen atoms in total. The van der Waals surface area contributed by atoms with Crippen LogP contribution in [0.4, 0.5) is 4.39 Å². The summed E-state index contributed by atoms with van der Waals surface area (Å²) < 4.78 is 13.1. The fraction of sp³-hybridized carbons (Fsp3) is 0.500. The maximum atomic E-state index is 13.1. The number of hydrogen-bond acceptors (Lipinski definition) is 2. The van der Waals surface area contributed by atoms with Crippen LogP contribution in [0.25, 0.3) is 0 Å². The van der Waals surface area contributed by atoms with Crippen LogP contribution in [0.15, 0.2) is 24.3 Å². The van der Waals surface area contributed by atoms with Gasteiger partial charge < -0.3 is 11.1 Å². The molecule has 0 saturated carbocycles. The van der Waals surface area contributed by atoms with Crippen LogP contribution in [0.2, 0.25) is 0 Å². The van der Waals surface area contributed by atoms with E-state index < -0.39 is 6.04 Å². The van der Waals surface area contributed by atoms with Crippen molar-refractivity contribution in [1.29, 1.82) is 0 Å². The lowest BCUT2D eigenvalue weighted by atomic mass is 9.98. The van der Waals surface area contributed by atoms with Crippen molar-refractivity contribution in [3.63, 3.8) is 0 Å². The highest BCUT2D eigenvalue weighted by Gasteiger charge is 2.21. The molecule has 100 valence electrons. The van der Waals surface area contributed by atoms with Crippen molar-refractivity contribution in [2.75, 3.05) is 0 Å². The molecular weight excluding hydrogens is 231 g/mol. The van der Waals surface area contributed by atoms with Crippen LogP contribution >= 0.6 is 0 Å². The van der Waals surface area contributed by atoms with Crippen LogP contribution in [-0.2, 0) is 4.79 Å². The van der Waals surface area contributed by atoms with Gasteiger partial charge in [-0.15, -0.1) is 0 Å². The molecule has 3 N–H and O–H groups in total. The first-order valence-electron chi connectivity index (χ1n) is 6.27. The van der Waals surface area contributed by atoms with Gasteiger partial charge in [0.25, 0.3) is 0 Å². The van der Waals surface area contributed by atoms with Crippen molar-refractivity contribution in [3.8, 4) is 0 Å². The number of nitrogens with two attached hydrogens (primary N) is 1. The fourth-order valence-corrected chi connectivity index (χ4v) is 1.68. The molecule has 0 aliphatic carbocycles. The zero-order valence-electron chi connectivity index (χ0n) is 11.1. The molecule has 2 unspecified atom stereocenters. The van der Waals surface area contributed by atoms with Crippen LogP contribution in [0, 0.1) is 11.7 Å². The number of halogens is 1. The minimum absolute atomic E-state index is 0.129. The molecule has 1 rings (SSSR count). The van der Waals surface area contributed by atoms with Crippen molar-refractivity contribution in [3.05, 3.63) is 35.6 Å². The minimum atomic E-state index is -0.522. The number of carbonyl (C=O) groups is 1. The normalized spacial score (nSPS) is 15.8. The predicted octanol–water partition coefficient (Wildman–Crippen LogP) is 2.38. The Morgan fingerprint density at radius 3 is 2.67 bits per heavy atom. The van der Waals surface area contributed by atoms with Crippen LogP contribution in [0.5, 0.6) is 0 Å². The molecule has 3 atom stereocenters. The summed E-state index contributed by atoms with van der Waals surface area (Å²) in [6, 6.07) is 5.43. The van der Waals surface area contributed by atoms with Crippen molar-refractivity contribution >= 4 is 5.91 Å². The van der Waals surface area contributed by atoms with E-state index in [4.69, 9.17) is 5.73 Å². The van der Waals surface area contributed by atoms with Crippen LogP contribution in [0.1, 0.15) is 38.8 Å². The van der Waals surface area contributed by atoms with Gasteiger partial charge in [-0.1, -0.05) is 32.4 Å². The molecule has 1 aromatic carbocycles. The molecule has 0 aliphatic rings. The molecule has 0 spiro atoms. The van der Waals surface area contributed by atoms with E-state index in [1.165, 1.54) is 12.1 Å². The molecule has 0 bridgehead atoms. The second-order valence-corrected chi connectivity index (χ2v) is 4.70. The van der Waals surface area contributed by atoms with Crippen LogP contribution < -0.4 is 11.1 Å². The van der Waals surface area contributed by atoms with Gasteiger partial charge in [-0.2, -0.15) is 0 Å². The van der Waals surface area contributed by atoms with Gasteiger partial charge >= 0.3 is 0 Å². The van der Waals surface area contributed by atoms with E-state index in [0.717, 1.165) is 12.0 Å². The lowest BCUT2D eigenvalue weighted by Gasteiger charge is -2.21. The second kappa shape index (κ2) is 6.50. The quantitative estimate of drug-likeness (QED) is 0.845. The van der Waals surface area contributed by atoms with Crippen molar-refractivity contribution < 1.29 is 9.18 Å². The van der Waals surface area contributed by atoms with Crippen molar-refractivity contribution in [2.24, 2.45) is 11.7 Å². The predicted molar refractivity (Wildman–Crippen MR) is 70.4 cm³/mol. The van der Waals surface area contributed by atoms with E-state index in [-0.39, 0.29) is 23.7 Å². The molecule has 4 heteroatoms. The van der Waals surface area contributed by atoms with E-state index in [2.05, 4.69) is 5.32 Å². The monoisotopic (exact) mass is 252 g/mol. The molecule has 0 aliphatic heterocycles. The van der Waals surface area contributed by atoms with Gasteiger partial charge in [0.05, 0.1) is 12.1 Å². The van der Waals surface area contributed by atoms with E-state index in [0.29, 0.717) is 0 Å². The zero-order valence-corrected chi connectivity index (χ0v) is 11.1. The summed E-state index contributed by atoms with van der Waals surface area (Å²) in [7, 11) is 0. The highest BCUT2D eigenvalue weighted by Crippen LogP contribution is 2.14. The SMILES string of the molecule is CCC(C)C(N)C(=O)N[C@@H](C)c1cccc(F)c1. The summed E-state index contributed by atoms with van der Waals surface area (Å²) in [5.41, 5.74) is 6.58. The van der Waals surface area contributed by atoms with Gasteiger partial charge in [-0.25, -0.2) is 4.39 Å². The average molecular weight is 252 g/mol. The standard InChI is InChI=1S/C14H21FN2O/c1-4-9(2)13(16)14(18)17-10(3)11-6-5-7-12(15)8-11/h5-10,13H,4,16H2,1-3H3,(H,17,18)/t9?,10-,13?/m0/s1. The third kappa shape index (κ3) is 3.81. The first-order chi connectivity index (χ1) is 8.45. The number of hydrogen-bond donors (Lipinski definition) is 2. The van der Waals surface area contributed by atoms with Gasteiger partial charge in [0.2, 0.25) is 5.91 Å². The Labute approximate surface area is 108 Å². The van der Waals surface area contributed by atoms with Gasteiger partial charge in [0, 0.05) is 0 Å². The second-order valence-electron chi connectivity index (χ2n) is 4.70. The third-order valence-electron chi connectivity index (χ3n) is 3.27. The van der Waals surface area contributed by atoms with Crippen molar-refractivity contribution in [2.45, 2.75) is 39.3 Å². The maximum absolute atomic E-state index is 13.1. The summed E-state index contributed by atoms with van der Waals surface area (Å²) in [5.74, 6) is -0.370. The largest absolute Gasteiger partial charge is 0.348 e. The summed E-state index contributed by atoms with van der Waals surface area (Å²) >= 11 is 0. The Balaban J connectivity index is 2.65. The van der Waals surface area contributed by atoms with E-state index in [1.807, 2.05) is 20.8 Å². The summed E-state index contributed by atoms with van der Waals surface area (Å²) in [6.07, 6.45) is 0.850. The van der Waals surface area contributed by atoms with Crippen LogP contribution in [-0.4, -0.2) is 11.9 Å². The molecule has 0 radical (unpaired) electrons. The highest BCUT2D eigenvalue weighted by atomic mass is 19.1. The Morgan fingerprint density at radius 2 is 2.11 bits per heavy atom. The molecule has 0 heterocycles. The number of rotatable bonds is 5. The lowest BCUT2D eigenvalue weighted by molar-refractivity contribution is -0.124. The van der Waals surface area contributed by atoms with Gasteiger partial charge in [-0.3, -0.25) is 4.79 Å². The molecule has 1 amide bonds. The number of amides is 1. The first kappa shape index (κ1) is 14.6. The molecule has 0 aromatic heterocycles. The van der Waals surface area contributed by atoms with Gasteiger partial charge in [-0.05, 0) is 30.5 Å². The Bertz CT molecular complexity index is 409. The van der Waals surface area contributed by atoms with E-state index in [9.17, 15) is 9.18 Å². The highest BCUT2D eigenvalue weighted by molar-refractivity contribution is 5.82. The molecule has 18 heavy (non-hydrogen) atoms. The Kier molecular flexibility index (Phi) is 5.28. The lowest BCUT2D eigenvalue weighted by Crippen LogP contribution is -2.45. The minimum Gasteiger partial charge on any atom is -0.348 e. The fourth-order valence-electron chi connectivity index (χ4n) is 1.68. The maximum Gasteiger partial charge on any atom is 0.237 e. The average Bonchev–Trinajstić information content (AvgIpc) is 2.36. The van der Waals surface area contributed by atoms with E-state index >= 15 is 0 Å². The summed E-state index contributed by atoms with van der Waals surface area (Å²) in [5, 5.41) is 2.81. The van der Waals surface area contributed by atoms with Gasteiger partial charge in [0.1, 0.15) is 5.82 Å². The van der Waals surface area contributed by atoms with Crippen LogP contribution in [0.3, 0.4) is 0 Å². The molecule has 0 saturated heterocycles. The Morgan fingerprint density at radius 1 is 1.44 bits per heavy atom. The zero-order chi connectivity index (χ0) is 13.7.